The fourth-order valence-corrected chi connectivity index (χ4v) is 2.51. The van der Waals surface area contributed by atoms with E-state index in [1.807, 2.05) is 13.8 Å². The molecule has 0 aliphatic carbocycles. The number of amides is 1. The number of rotatable bonds is 4. The van der Waals surface area contributed by atoms with E-state index in [0.717, 1.165) is 13.0 Å². The highest BCUT2D eigenvalue weighted by Gasteiger charge is 2.43. The number of carboxylic acid groups (broad SMARTS) is 1. The van der Waals surface area contributed by atoms with E-state index in [-0.39, 0.29) is 17.5 Å². The Balaban J connectivity index is 2.12. The van der Waals surface area contributed by atoms with Crippen LogP contribution >= 0.6 is 0 Å². The first-order valence-electron chi connectivity index (χ1n) is 6.67. The van der Waals surface area contributed by atoms with Gasteiger partial charge in [-0.05, 0) is 31.0 Å². The molecule has 1 fully saturated rings. The number of nitrogens with zero attached hydrogens (tertiary/aromatic N) is 1. The van der Waals surface area contributed by atoms with Gasteiger partial charge in [-0.15, -0.1) is 0 Å². The SMILES string of the molecule is CC(C)C1(C(=O)Nc2ccc(C(=O)O)nc2)CCNC1. The van der Waals surface area contributed by atoms with Crippen LogP contribution in [0.1, 0.15) is 30.8 Å². The van der Waals surface area contributed by atoms with Gasteiger partial charge in [-0.3, -0.25) is 4.79 Å². The van der Waals surface area contributed by atoms with E-state index in [9.17, 15) is 9.59 Å². The average molecular weight is 277 g/mol. The third-order valence-corrected chi connectivity index (χ3v) is 3.99. The Morgan fingerprint density at radius 1 is 1.45 bits per heavy atom. The second kappa shape index (κ2) is 5.58. The summed E-state index contributed by atoms with van der Waals surface area (Å²) in [6.07, 6.45) is 2.18. The molecule has 1 aliphatic rings. The molecule has 1 atom stereocenters. The van der Waals surface area contributed by atoms with Gasteiger partial charge >= 0.3 is 5.97 Å². The molecular formula is C14H19N3O3. The quantitative estimate of drug-likeness (QED) is 0.773. The number of aromatic carboxylic acids is 1. The van der Waals surface area contributed by atoms with Crippen molar-refractivity contribution in [2.24, 2.45) is 11.3 Å². The first kappa shape index (κ1) is 14.5. The summed E-state index contributed by atoms with van der Waals surface area (Å²) < 4.78 is 0. The van der Waals surface area contributed by atoms with Crippen LogP contribution in [-0.2, 0) is 4.79 Å². The first-order chi connectivity index (χ1) is 9.45. The fourth-order valence-electron chi connectivity index (χ4n) is 2.51. The monoisotopic (exact) mass is 277 g/mol. The number of anilines is 1. The van der Waals surface area contributed by atoms with Crippen LogP contribution < -0.4 is 10.6 Å². The van der Waals surface area contributed by atoms with Crippen molar-refractivity contribution in [3.8, 4) is 0 Å². The predicted octanol–water partition coefficient (Wildman–Crippen LogP) is 1.35. The van der Waals surface area contributed by atoms with E-state index in [4.69, 9.17) is 5.11 Å². The number of carbonyl (C=O) groups is 2. The van der Waals surface area contributed by atoms with Crippen molar-refractivity contribution in [1.82, 2.24) is 10.3 Å². The van der Waals surface area contributed by atoms with Crippen LogP contribution in [0.2, 0.25) is 0 Å². The summed E-state index contributed by atoms with van der Waals surface area (Å²) in [5.74, 6) is -0.896. The van der Waals surface area contributed by atoms with E-state index in [1.54, 1.807) is 6.07 Å². The maximum absolute atomic E-state index is 12.5. The Labute approximate surface area is 117 Å². The largest absolute Gasteiger partial charge is 0.477 e. The van der Waals surface area contributed by atoms with E-state index in [2.05, 4.69) is 15.6 Å². The lowest BCUT2D eigenvalue weighted by Crippen LogP contribution is -2.42. The molecule has 0 aromatic carbocycles. The van der Waals surface area contributed by atoms with Gasteiger partial charge in [-0.25, -0.2) is 9.78 Å². The first-order valence-corrected chi connectivity index (χ1v) is 6.67. The molecular weight excluding hydrogens is 258 g/mol. The van der Waals surface area contributed by atoms with Crippen LogP contribution in [0.5, 0.6) is 0 Å². The molecule has 1 saturated heterocycles. The van der Waals surface area contributed by atoms with E-state index in [0.29, 0.717) is 12.2 Å². The zero-order chi connectivity index (χ0) is 14.8. The molecule has 2 heterocycles. The van der Waals surface area contributed by atoms with E-state index >= 15 is 0 Å². The van der Waals surface area contributed by atoms with Crippen molar-refractivity contribution in [3.05, 3.63) is 24.0 Å². The Hall–Kier alpha value is -1.95. The molecule has 1 aromatic heterocycles. The molecule has 1 aliphatic heterocycles. The zero-order valence-corrected chi connectivity index (χ0v) is 11.6. The number of hydrogen-bond acceptors (Lipinski definition) is 4. The lowest BCUT2D eigenvalue weighted by molar-refractivity contribution is -0.126. The number of nitrogens with one attached hydrogen (secondary N) is 2. The Morgan fingerprint density at radius 2 is 2.20 bits per heavy atom. The van der Waals surface area contributed by atoms with Gasteiger partial charge in [0, 0.05) is 6.54 Å². The lowest BCUT2D eigenvalue weighted by atomic mass is 9.75. The highest BCUT2D eigenvalue weighted by molar-refractivity contribution is 5.96. The summed E-state index contributed by atoms with van der Waals surface area (Å²) in [7, 11) is 0. The molecule has 2 rings (SSSR count). The van der Waals surface area contributed by atoms with Gasteiger partial charge in [0.25, 0.3) is 0 Å². The number of carboxylic acids is 1. The number of aromatic nitrogens is 1. The highest BCUT2D eigenvalue weighted by Crippen LogP contribution is 2.35. The van der Waals surface area contributed by atoms with Gasteiger partial charge in [0.05, 0.1) is 17.3 Å². The molecule has 0 saturated carbocycles. The normalized spacial score (nSPS) is 21.9. The molecule has 1 amide bonds. The maximum atomic E-state index is 12.5. The lowest BCUT2D eigenvalue weighted by Gasteiger charge is -2.31. The maximum Gasteiger partial charge on any atom is 0.354 e. The second-order valence-corrected chi connectivity index (χ2v) is 5.43. The van der Waals surface area contributed by atoms with Crippen LogP contribution in [0, 0.1) is 11.3 Å². The molecule has 6 heteroatoms. The minimum atomic E-state index is -1.08. The van der Waals surface area contributed by atoms with Crippen molar-refractivity contribution in [2.45, 2.75) is 20.3 Å². The van der Waals surface area contributed by atoms with Gasteiger partial charge in [-0.2, -0.15) is 0 Å². The Morgan fingerprint density at radius 3 is 2.65 bits per heavy atom. The molecule has 108 valence electrons. The highest BCUT2D eigenvalue weighted by atomic mass is 16.4. The summed E-state index contributed by atoms with van der Waals surface area (Å²) in [6, 6.07) is 2.94. The average Bonchev–Trinajstić information content (AvgIpc) is 2.90. The summed E-state index contributed by atoms with van der Waals surface area (Å²) in [6.45, 7) is 5.58. The fraction of sp³-hybridized carbons (Fsp3) is 0.500. The molecule has 1 aromatic rings. The van der Waals surface area contributed by atoms with Crippen LogP contribution in [0.25, 0.3) is 0 Å². The van der Waals surface area contributed by atoms with Gasteiger partial charge in [0.15, 0.2) is 0 Å². The topological polar surface area (TPSA) is 91.3 Å². The second-order valence-electron chi connectivity index (χ2n) is 5.43. The molecule has 6 nitrogen and oxygen atoms in total. The van der Waals surface area contributed by atoms with Gasteiger partial charge in [-0.1, -0.05) is 13.8 Å². The number of carbonyl (C=O) groups excluding carboxylic acids is 1. The third kappa shape index (κ3) is 2.65. The summed E-state index contributed by atoms with van der Waals surface area (Å²) in [4.78, 5) is 27.0. The summed E-state index contributed by atoms with van der Waals surface area (Å²) in [5, 5.41) is 14.9. The summed E-state index contributed by atoms with van der Waals surface area (Å²) >= 11 is 0. The molecule has 3 N–H and O–H groups in total. The zero-order valence-electron chi connectivity index (χ0n) is 11.6. The van der Waals surface area contributed by atoms with Crippen LogP contribution in [0.15, 0.2) is 18.3 Å². The molecule has 0 spiro atoms. The summed E-state index contributed by atoms with van der Waals surface area (Å²) in [5.41, 5.74) is 0.0712. The van der Waals surface area contributed by atoms with Crippen molar-refractivity contribution in [1.29, 1.82) is 0 Å². The van der Waals surface area contributed by atoms with E-state index < -0.39 is 11.4 Å². The molecule has 20 heavy (non-hydrogen) atoms. The minimum absolute atomic E-state index is 0.0379. The van der Waals surface area contributed by atoms with Gasteiger partial charge in [0.1, 0.15) is 5.69 Å². The van der Waals surface area contributed by atoms with Crippen molar-refractivity contribution in [3.63, 3.8) is 0 Å². The van der Waals surface area contributed by atoms with Gasteiger partial charge in [0.2, 0.25) is 5.91 Å². The molecule has 0 bridgehead atoms. The smallest absolute Gasteiger partial charge is 0.354 e. The predicted molar refractivity (Wildman–Crippen MR) is 74.6 cm³/mol. The van der Waals surface area contributed by atoms with Gasteiger partial charge < -0.3 is 15.7 Å². The standard InChI is InChI=1S/C14H19N3O3/c1-9(2)14(5-6-15-8-14)13(20)17-10-3-4-11(12(18)19)16-7-10/h3-4,7,9,15H,5-6,8H2,1-2H3,(H,17,20)(H,18,19). The number of hydrogen-bond donors (Lipinski definition) is 3. The van der Waals surface area contributed by atoms with E-state index in [1.165, 1.54) is 12.3 Å². The van der Waals surface area contributed by atoms with Crippen molar-refractivity contribution >= 4 is 17.6 Å². The van der Waals surface area contributed by atoms with Crippen molar-refractivity contribution < 1.29 is 14.7 Å². The van der Waals surface area contributed by atoms with Crippen LogP contribution in [0.3, 0.4) is 0 Å². The Bertz CT molecular complexity index is 505. The minimum Gasteiger partial charge on any atom is -0.477 e. The van der Waals surface area contributed by atoms with Crippen LogP contribution in [0.4, 0.5) is 5.69 Å². The molecule has 0 radical (unpaired) electrons. The number of pyridine rings is 1. The van der Waals surface area contributed by atoms with Crippen LogP contribution in [-0.4, -0.2) is 35.1 Å². The Kier molecular flexibility index (Phi) is 4.04. The molecule has 1 unspecified atom stereocenters. The van der Waals surface area contributed by atoms with Crippen molar-refractivity contribution in [2.75, 3.05) is 18.4 Å². The third-order valence-electron chi connectivity index (χ3n) is 3.99.